The van der Waals surface area contributed by atoms with Gasteiger partial charge in [-0.2, -0.15) is 0 Å². The summed E-state index contributed by atoms with van der Waals surface area (Å²) in [6.45, 7) is 3.33. The van der Waals surface area contributed by atoms with Gasteiger partial charge in [-0.25, -0.2) is 4.98 Å². The molecule has 3 heterocycles. The molecule has 1 aromatic carbocycles. The first kappa shape index (κ1) is 20.1. The summed E-state index contributed by atoms with van der Waals surface area (Å²) < 4.78 is 0. The Balaban J connectivity index is 1.29. The Labute approximate surface area is 172 Å². The predicted octanol–water partition coefficient (Wildman–Crippen LogP) is 2.97. The molecule has 0 unspecified atom stereocenters. The predicted molar refractivity (Wildman–Crippen MR) is 115 cm³/mol. The number of H-pyrrole nitrogens is 1. The second-order valence-electron chi connectivity index (χ2n) is 8.66. The SMILES string of the molecule is CN(C[C@H]1CCCN2CCCC[C@@H]12)C(=O)CCCc1nc2ccccc2c(=O)[nH]1. The van der Waals surface area contributed by atoms with Crippen molar-refractivity contribution in [1.29, 1.82) is 0 Å². The molecule has 29 heavy (non-hydrogen) atoms. The lowest BCUT2D eigenvalue weighted by Crippen LogP contribution is -2.51. The topological polar surface area (TPSA) is 69.3 Å². The minimum absolute atomic E-state index is 0.108. The molecule has 0 spiro atoms. The number of hydrogen-bond donors (Lipinski definition) is 1. The van der Waals surface area contributed by atoms with Crippen LogP contribution in [0.2, 0.25) is 0 Å². The number of para-hydroxylation sites is 1. The molecule has 2 aromatic rings. The third kappa shape index (κ3) is 4.69. The third-order valence-electron chi connectivity index (χ3n) is 6.63. The Morgan fingerprint density at radius 2 is 2.03 bits per heavy atom. The van der Waals surface area contributed by atoms with Crippen LogP contribution in [-0.4, -0.2) is 58.4 Å². The van der Waals surface area contributed by atoms with Crippen molar-refractivity contribution < 1.29 is 4.79 Å². The number of nitrogens with zero attached hydrogens (tertiary/aromatic N) is 3. The number of benzene rings is 1. The van der Waals surface area contributed by atoms with Crippen LogP contribution in [0.15, 0.2) is 29.1 Å². The van der Waals surface area contributed by atoms with E-state index in [0.717, 1.165) is 6.54 Å². The average Bonchev–Trinajstić information content (AvgIpc) is 2.74. The number of aromatic nitrogens is 2. The van der Waals surface area contributed by atoms with Gasteiger partial charge in [-0.15, -0.1) is 0 Å². The van der Waals surface area contributed by atoms with Gasteiger partial charge >= 0.3 is 0 Å². The fraction of sp³-hybridized carbons (Fsp3) is 0.609. The van der Waals surface area contributed by atoms with Gasteiger partial charge < -0.3 is 14.8 Å². The van der Waals surface area contributed by atoms with Crippen LogP contribution in [0, 0.1) is 5.92 Å². The fourth-order valence-electron chi connectivity index (χ4n) is 5.09. The van der Waals surface area contributed by atoms with Crippen LogP contribution in [0.1, 0.15) is 50.8 Å². The zero-order valence-corrected chi connectivity index (χ0v) is 17.4. The Morgan fingerprint density at radius 1 is 1.21 bits per heavy atom. The molecule has 0 aliphatic carbocycles. The first-order valence-corrected chi connectivity index (χ1v) is 11.1. The van der Waals surface area contributed by atoms with Gasteiger partial charge in [0.25, 0.3) is 5.56 Å². The van der Waals surface area contributed by atoms with Crippen molar-refractivity contribution >= 4 is 16.8 Å². The number of nitrogens with one attached hydrogen (secondary N) is 1. The van der Waals surface area contributed by atoms with E-state index in [1.165, 1.54) is 45.2 Å². The maximum atomic E-state index is 12.7. The first-order chi connectivity index (χ1) is 14.1. The van der Waals surface area contributed by atoms with E-state index in [1.54, 1.807) is 6.07 Å². The first-order valence-electron chi connectivity index (χ1n) is 11.1. The highest BCUT2D eigenvalue weighted by molar-refractivity contribution is 5.77. The molecule has 0 bridgehead atoms. The van der Waals surface area contributed by atoms with Crippen molar-refractivity contribution in [3.8, 4) is 0 Å². The summed E-state index contributed by atoms with van der Waals surface area (Å²) in [6.07, 6.45) is 8.23. The molecule has 2 aliphatic heterocycles. The number of carbonyl (C=O) groups is 1. The summed E-state index contributed by atoms with van der Waals surface area (Å²) in [5.41, 5.74) is 0.604. The number of piperidine rings is 2. The molecule has 156 valence electrons. The molecular formula is C23H32N4O2. The summed E-state index contributed by atoms with van der Waals surface area (Å²) >= 11 is 0. The molecule has 2 fully saturated rings. The molecule has 0 radical (unpaired) electrons. The van der Waals surface area contributed by atoms with Crippen LogP contribution < -0.4 is 5.56 Å². The lowest BCUT2D eigenvalue weighted by molar-refractivity contribution is -0.131. The van der Waals surface area contributed by atoms with Crippen molar-refractivity contribution in [2.75, 3.05) is 26.7 Å². The number of hydrogen-bond acceptors (Lipinski definition) is 4. The van der Waals surface area contributed by atoms with E-state index in [4.69, 9.17) is 0 Å². The summed E-state index contributed by atoms with van der Waals surface area (Å²) in [7, 11) is 1.94. The van der Waals surface area contributed by atoms with Crippen LogP contribution in [-0.2, 0) is 11.2 Å². The second-order valence-corrected chi connectivity index (χ2v) is 8.66. The van der Waals surface area contributed by atoms with Gasteiger partial charge in [0.2, 0.25) is 5.91 Å². The highest BCUT2D eigenvalue weighted by Gasteiger charge is 2.33. The fourth-order valence-corrected chi connectivity index (χ4v) is 5.09. The van der Waals surface area contributed by atoms with E-state index < -0.39 is 0 Å². The summed E-state index contributed by atoms with van der Waals surface area (Å²) in [5.74, 6) is 1.46. The quantitative estimate of drug-likeness (QED) is 0.815. The summed E-state index contributed by atoms with van der Waals surface area (Å²) in [4.78, 5) is 36.8. The minimum Gasteiger partial charge on any atom is -0.345 e. The zero-order valence-electron chi connectivity index (χ0n) is 17.4. The largest absolute Gasteiger partial charge is 0.345 e. The van der Waals surface area contributed by atoms with E-state index in [9.17, 15) is 9.59 Å². The Kier molecular flexibility index (Phi) is 6.28. The summed E-state index contributed by atoms with van der Waals surface area (Å²) in [6, 6.07) is 8.02. The summed E-state index contributed by atoms with van der Waals surface area (Å²) in [5, 5.41) is 0.608. The second kappa shape index (κ2) is 9.08. The standard InChI is InChI=1S/C23H32N4O2/c1-26(16-17-8-7-15-27-14-5-4-11-20(17)27)22(28)13-6-12-21-24-19-10-3-2-9-18(19)23(29)25-21/h2-3,9-10,17,20H,4-8,11-16H2,1H3,(H,24,25,29)/t17-,20+/m1/s1. The van der Waals surface area contributed by atoms with E-state index in [0.29, 0.717) is 47.9 Å². The van der Waals surface area contributed by atoms with Crippen molar-refractivity contribution in [2.45, 2.75) is 57.4 Å². The van der Waals surface area contributed by atoms with Crippen LogP contribution in [0.5, 0.6) is 0 Å². The van der Waals surface area contributed by atoms with Gasteiger partial charge in [-0.05, 0) is 63.2 Å². The van der Waals surface area contributed by atoms with Gasteiger partial charge in [0.1, 0.15) is 5.82 Å². The smallest absolute Gasteiger partial charge is 0.258 e. The number of aromatic amines is 1. The van der Waals surface area contributed by atoms with Gasteiger partial charge in [-0.3, -0.25) is 9.59 Å². The van der Waals surface area contributed by atoms with Gasteiger partial charge in [-0.1, -0.05) is 18.6 Å². The van der Waals surface area contributed by atoms with E-state index in [1.807, 2.05) is 30.1 Å². The van der Waals surface area contributed by atoms with Gasteiger partial charge in [0.15, 0.2) is 0 Å². The third-order valence-corrected chi connectivity index (χ3v) is 6.63. The highest BCUT2D eigenvalue weighted by atomic mass is 16.2. The van der Waals surface area contributed by atoms with Crippen molar-refractivity contribution in [1.82, 2.24) is 19.8 Å². The van der Waals surface area contributed by atoms with Crippen LogP contribution in [0.3, 0.4) is 0 Å². The lowest BCUT2D eigenvalue weighted by atomic mass is 9.83. The molecule has 6 heteroatoms. The van der Waals surface area contributed by atoms with Crippen molar-refractivity contribution in [2.24, 2.45) is 5.92 Å². The average molecular weight is 397 g/mol. The molecule has 0 saturated carbocycles. The molecule has 2 atom stereocenters. The number of aryl methyl sites for hydroxylation is 1. The Bertz CT molecular complexity index is 907. The maximum Gasteiger partial charge on any atom is 0.258 e. The lowest BCUT2D eigenvalue weighted by Gasteiger charge is -2.45. The zero-order chi connectivity index (χ0) is 20.2. The molecule has 1 N–H and O–H groups in total. The molecule has 6 nitrogen and oxygen atoms in total. The van der Waals surface area contributed by atoms with E-state index in [-0.39, 0.29) is 11.5 Å². The molecule has 1 amide bonds. The Hall–Kier alpha value is -2.21. The van der Waals surface area contributed by atoms with Gasteiger partial charge in [0, 0.05) is 32.5 Å². The highest BCUT2D eigenvalue weighted by Crippen LogP contribution is 2.31. The normalized spacial score (nSPS) is 22.4. The number of fused-ring (bicyclic) bond motifs is 2. The monoisotopic (exact) mass is 396 g/mol. The number of rotatable bonds is 6. The van der Waals surface area contributed by atoms with Crippen molar-refractivity contribution in [3.05, 3.63) is 40.4 Å². The molecule has 4 rings (SSSR count). The van der Waals surface area contributed by atoms with Crippen LogP contribution in [0.4, 0.5) is 0 Å². The number of carbonyl (C=O) groups excluding carboxylic acids is 1. The number of amides is 1. The van der Waals surface area contributed by atoms with E-state index >= 15 is 0 Å². The van der Waals surface area contributed by atoms with Crippen molar-refractivity contribution in [3.63, 3.8) is 0 Å². The van der Waals surface area contributed by atoms with Gasteiger partial charge in [0.05, 0.1) is 10.9 Å². The minimum atomic E-state index is -0.108. The van der Waals surface area contributed by atoms with Crippen LogP contribution >= 0.6 is 0 Å². The Morgan fingerprint density at radius 3 is 2.93 bits per heavy atom. The molecule has 1 aromatic heterocycles. The molecular weight excluding hydrogens is 364 g/mol. The molecule has 2 saturated heterocycles. The molecule has 2 aliphatic rings. The van der Waals surface area contributed by atoms with Crippen LogP contribution in [0.25, 0.3) is 10.9 Å². The maximum absolute atomic E-state index is 12.7. The van der Waals surface area contributed by atoms with E-state index in [2.05, 4.69) is 14.9 Å².